The van der Waals surface area contributed by atoms with Gasteiger partial charge in [-0.05, 0) is 60.9 Å². The standard InChI is InChI=1S/C17H22N6O2.ClH/c1-25-15-8-7-12(19-17(24)13-4-2-3-9-18-13)10-14(15)23-16(11-5-6-11)20-21-22-23;/h7-8,10-11,13,18H,2-6,9H2,1H3,(H,19,24);1H. The molecule has 1 aliphatic carbocycles. The molecule has 0 radical (unpaired) electrons. The van der Waals surface area contributed by atoms with Crippen LogP contribution in [-0.2, 0) is 4.79 Å². The Labute approximate surface area is 158 Å². The van der Waals surface area contributed by atoms with Gasteiger partial charge in [0, 0.05) is 11.6 Å². The fourth-order valence-electron chi connectivity index (χ4n) is 3.20. The molecule has 1 unspecified atom stereocenters. The summed E-state index contributed by atoms with van der Waals surface area (Å²) in [5, 5.41) is 18.3. The van der Waals surface area contributed by atoms with Crippen LogP contribution < -0.4 is 15.4 Å². The van der Waals surface area contributed by atoms with Gasteiger partial charge in [0.2, 0.25) is 5.91 Å². The van der Waals surface area contributed by atoms with Crippen LogP contribution in [0.5, 0.6) is 5.75 Å². The number of anilines is 1. The average molecular weight is 379 g/mol. The van der Waals surface area contributed by atoms with Crippen LogP contribution in [0.25, 0.3) is 5.69 Å². The van der Waals surface area contributed by atoms with Crippen LogP contribution in [0.4, 0.5) is 5.69 Å². The molecule has 2 fully saturated rings. The third kappa shape index (κ3) is 3.81. The topological polar surface area (TPSA) is 94.0 Å². The van der Waals surface area contributed by atoms with Crippen molar-refractivity contribution in [2.24, 2.45) is 0 Å². The maximum atomic E-state index is 12.5. The van der Waals surface area contributed by atoms with E-state index in [-0.39, 0.29) is 24.4 Å². The molecule has 1 amide bonds. The first-order valence-corrected chi connectivity index (χ1v) is 8.77. The number of carbonyl (C=O) groups is 1. The lowest BCUT2D eigenvalue weighted by molar-refractivity contribution is -0.118. The highest BCUT2D eigenvalue weighted by atomic mass is 35.5. The van der Waals surface area contributed by atoms with Crippen LogP contribution >= 0.6 is 12.4 Å². The van der Waals surface area contributed by atoms with E-state index in [4.69, 9.17) is 4.74 Å². The normalized spacial score (nSPS) is 19.5. The zero-order chi connectivity index (χ0) is 17.2. The monoisotopic (exact) mass is 378 g/mol. The Morgan fingerprint density at radius 1 is 1.31 bits per heavy atom. The van der Waals surface area contributed by atoms with Gasteiger partial charge in [-0.1, -0.05) is 6.42 Å². The Balaban J connectivity index is 0.00000196. The molecule has 1 saturated carbocycles. The molecule has 1 aromatic carbocycles. The van der Waals surface area contributed by atoms with Gasteiger partial charge in [0.05, 0.1) is 13.2 Å². The van der Waals surface area contributed by atoms with Crippen molar-refractivity contribution in [1.29, 1.82) is 0 Å². The third-order valence-corrected chi connectivity index (χ3v) is 4.74. The van der Waals surface area contributed by atoms with E-state index in [2.05, 4.69) is 26.2 Å². The Bertz CT molecular complexity index is 770. The van der Waals surface area contributed by atoms with E-state index in [0.717, 1.165) is 50.2 Å². The van der Waals surface area contributed by atoms with Crippen LogP contribution in [-0.4, -0.2) is 45.8 Å². The van der Waals surface area contributed by atoms with Crippen LogP contribution in [0.15, 0.2) is 18.2 Å². The number of halogens is 1. The number of aromatic nitrogens is 4. The van der Waals surface area contributed by atoms with Crippen molar-refractivity contribution in [3.05, 3.63) is 24.0 Å². The highest BCUT2D eigenvalue weighted by Crippen LogP contribution is 2.40. The number of benzene rings is 1. The Kier molecular flexibility index (Phi) is 5.73. The molecule has 9 heteroatoms. The van der Waals surface area contributed by atoms with Crippen molar-refractivity contribution >= 4 is 24.0 Å². The van der Waals surface area contributed by atoms with Gasteiger partial charge in [-0.15, -0.1) is 17.5 Å². The molecule has 0 bridgehead atoms. The molecule has 2 aromatic rings. The Morgan fingerprint density at radius 2 is 2.15 bits per heavy atom. The lowest BCUT2D eigenvalue weighted by Crippen LogP contribution is -2.43. The summed E-state index contributed by atoms with van der Waals surface area (Å²) in [6, 6.07) is 5.40. The SMILES string of the molecule is COc1ccc(NC(=O)C2CCCCN2)cc1-n1nnnc1C1CC1.Cl. The minimum atomic E-state index is -0.130. The quantitative estimate of drug-likeness (QED) is 0.827. The third-order valence-electron chi connectivity index (χ3n) is 4.74. The van der Waals surface area contributed by atoms with Crippen molar-refractivity contribution in [3.63, 3.8) is 0 Å². The van der Waals surface area contributed by atoms with Crippen molar-refractivity contribution in [3.8, 4) is 11.4 Å². The predicted octanol–water partition coefficient (Wildman–Crippen LogP) is 2.05. The number of hydrogen-bond acceptors (Lipinski definition) is 6. The molecule has 4 rings (SSSR count). The van der Waals surface area contributed by atoms with Crippen LogP contribution in [0.3, 0.4) is 0 Å². The molecule has 1 saturated heterocycles. The molecule has 2 N–H and O–H groups in total. The lowest BCUT2D eigenvalue weighted by atomic mass is 10.0. The maximum Gasteiger partial charge on any atom is 0.241 e. The van der Waals surface area contributed by atoms with Crippen LogP contribution in [0.2, 0.25) is 0 Å². The number of piperidine rings is 1. The number of methoxy groups -OCH3 is 1. The molecule has 0 spiro atoms. The minimum Gasteiger partial charge on any atom is -0.494 e. The summed E-state index contributed by atoms with van der Waals surface area (Å²) in [5.74, 6) is 1.91. The zero-order valence-corrected chi connectivity index (χ0v) is 15.5. The Hall–Kier alpha value is -2.19. The van der Waals surface area contributed by atoms with Gasteiger partial charge in [0.1, 0.15) is 11.4 Å². The number of tetrazole rings is 1. The van der Waals surface area contributed by atoms with E-state index in [1.165, 1.54) is 0 Å². The Morgan fingerprint density at radius 3 is 2.85 bits per heavy atom. The molecule has 1 aliphatic heterocycles. The average Bonchev–Trinajstić information content (AvgIpc) is 3.39. The summed E-state index contributed by atoms with van der Waals surface area (Å²) < 4.78 is 7.17. The number of nitrogens with one attached hydrogen (secondary N) is 2. The fraction of sp³-hybridized carbons (Fsp3) is 0.529. The highest BCUT2D eigenvalue weighted by molar-refractivity contribution is 5.95. The van der Waals surface area contributed by atoms with Gasteiger partial charge in [-0.25, -0.2) is 0 Å². The van der Waals surface area contributed by atoms with Crippen LogP contribution in [0, 0.1) is 0 Å². The van der Waals surface area contributed by atoms with E-state index in [1.54, 1.807) is 11.8 Å². The van der Waals surface area contributed by atoms with Crippen molar-refractivity contribution in [2.75, 3.05) is 19.0 Å². The van der Waals surface area contributed by atoms with E-state index >= 15 is 0 Å². The second-order valence-corrected chi connectivity index (χ2v) is 6.60. The smallest absolute Gasteiger partial charge is 0.241 e. The molecular formula is C17H23ClN6O2. The van der Waals surface area contributed by atoms with Crippen molar-refractivity contribution in [1.82, 2.24) is 25.5 Å². The van der Waals surface area contributed by atoms with E-state index < -0.39 is 0 Å². The summed E-state index contributed by atoms with van der Waals surface area (Å²) in [4.78, 5) is 12.5. The van der Waals surface area contributed by atoms with Gasteiger partial charge in [0.25, 0.3) is 0 Å². The largest absolute Gasteiger partial charge is 0.494 e. The molecule has 140 valence electrons. The van der Waals surface area contributed by atoms with Crippen molar-refractivity contribution < 1.29 is 9.53 Å². The van der Waals surface area contributed by atoms with E-state index in [9.17, 15) is 4.79 Å². The van der Waals surface area contributed by atoms with E-state index in [0.29, 0.717) is 17.4 Å². The van der Waals surface area contributed by atoms with Gasteiger partial charge in [0.15, 0.2) is 5.82 Å². The maximum absolute atomic E-state index is 12.5. The van der Waals surface area contributed by atoms with Gasteiger partial charge in [-0.2, -0.15) is 4.68 Å². The summed E-state index contributed by atoms with van der Waals surface area (Å²) in [7, 11) is 1.62. The molecule has 2 heterocycles. The summed E-state index contributed by atoms with van der Waals surface area (Å²) >= 11 is 0. The highest BCUT2D eigenvalue weighted by Gasteiger charge is 2.31. The number of ether oxygens (including phenoxy) is 1. The molecular weight excluding hydrogens is 356 g/mol. The van der Waals surface area contributed by atoms with E-state index in [1.807, 2.05) is 18.2 Å². The van der Waals surface area contributed by atoms with Crippen LogP contribution in [0.1, 0.15) is 43.8 Å². The summed E-state index contributed by atoms with van der Waals surface area (Å²) in [5.41, 5.74) is 1.45. The van der Waals surface area contributed by atoms with Gasteiger partial charge in [-0.3, -0.25) is 4.79 Å². The minimum absolute atomic E-state index is 0. The number of carbonyl (C=O) groups excluding carboxylic acids is 1. The number of nitrogens with zero attached hydrogens (tertiary/aromatic N) is 4. The summed E-state index contributed by atoms with van der Waals surface area (Å²) in [6.45, 7) is 0.890. The number of amides is 1. The second kappa shape index (κ2) is 8.01. The van der Waals surface area contributed by atoms with Crippen molar-refractivity contribution in [2.45, 2.75) is 44.1 Å². The fourth-order valence-corrected chi connectivity index (χ4v) is 3.20. The lowest BCUT2D eigenvalue weighted by Gasteiger charge is -2.22. The zero-order valence-electron chi connectivity index (χ0n) is 14.6. The van der Waals surface area contributed by atoms with Gasteiger partial charge >= 0.3 is 0 Å². The first kappa shape index (κ1) is 18.6. The first-order chi connectivity index (χ1) is 12.3. The molecule has 8 nitrogen and oxygen atoms in total. The first-order valence-electron chi connectivity index (χ1n) is 8.77. The summed E-state index contributed by atoms with van der Waals surface area (Å²) in [6.07, 6.45) is 5.28. The number of hydrogen-bond donors (Lipinski definition) is 2. The molecule has 1 atom stereocenters. The number of rotatable bonds is 5. The molecule has 26 heavy (non-hydrogen) atoms. The second-order valence-electron chi connectivity index (χ2n) is 6.60. The molecule has 1 aromatic heterocycles. The molecule has 2 aliphatic rings. The van der Waals surface area contributed by atoms with Gasteiger partial charge < -0.3 is 15.4 Å². The predicted molar refractivity (Wildman–Crippen MR) is 99.2 cm³/mol.